The van der Waals surface area contributed by atoms with Gasteiger partial charge in [0, 0.05) is 36.6 Å². The second kappa shape index (κ2) is 11.7. The second-order valence-electron chi connectivity index (χ2n) is 9.75. The summed E-state index contributed by atoms with van der Waals surface area (Å²) in [5.41, 5.74) is 2.89. The van der Waals surface area contributed by atoms with E-state index in [1.165, 1.54) is 13.2 Å². The number of likely N-dealkylation sites (tertiary alicyclic amines) is 1. The van der Waals surface area contributed by atoms with Gasteiger partial charge in [0.2, 0.25) is 5.82 Å². The maximum absolute atomic E-state index is 14.1. The molecule has 2 fully saturated rings. The van der Waals surface area contributed by atoms with Gasteiger partial charge in [0.15, 0.2) is 11.6 Å². The average molecular weight is 550 g/mol. The van der Waals surface area contributed by atoms with E-state index in [0.29, 0.717) is 56.0 Å². The summed E-state index contributed by atoms with van der Waals surface area (Å²) < 4.78 is 37.6. The number of methoxy groups -OCH3 is 1. The fraction of sp³-hybridized carbons (Fsp3) is 0.300. The average Bonchev–Trinajstić information content (AvgIpc) is 2.99. The summed E-state index contributed by atoms with van der Waals surface area (Å²) in [5.74, 6) is -3.06. The first-order chi connectivity index (χ1) is 19.4. The van der Waals surface area contributed by atoms with E-state index in [1.54, 1.807) is 34.1 Å². The van der Waals surface area contributed by atoms with Crippen LogP contribution in [0.2, 0.25) is 0 Å². The minimum Gasteiger partial charge on any atom is -0.493 e. The standard InChI is InChI=1S/C30H29F2N3O5/c1-39-27-24(11-12-25(31)26(27)32)29(37)34-16-13-20(14-17-34)19-3-7-22(8-4-19)33-28(36)21-5-9-23(10-6-21)35-15-2-18-40-30(35)38/h3-12,20H,2,13-18H2,1H3,(H,33,36). The number of nitrogens with zero attached hydrogens (tertiary/aromatic N) is 2. The number of nitrogens with one attached hydrogen (secondary N) is 1. The molecule has 0 atom stereocenters. The number of amides is 3. The fourth-order valence-electron chi connectivity index (χ4n) is 5.11. The van der Waals surface area contributed by atoms with Crippen molar-refractivity contribution in [3.8, 4) is 5.75 Å². The number of cyclic esters (lactones) is 1. The predicted octanol–water partition coefficient (Wildman–Crippen LogP) is 5.59. The van der Waals surface area contributed by atoms with Gasteiger partial charge in [-0.05, 0) is 79.3 Å². The van der Waals surface area contributed by atoms with Gasteiger partial charge in [-0.25, -0.2) is 9.18 Å². The Morgan fingerprint density at radius 1 is 0.950 bits per heavy atom. The first kappa shape index (κ1) is 27.1. The molecule has 208 valence electrons. The number of ether oxygens (including phenoxy) is 2. The Bertz CT molecular complexity index is 1400. The molecule has 0 radical (unpaired) electrons. The molecule has 0 spiro atoms. The summed E-state index contributed by atoms with van der Waals surface area (Å²) in [6.07, 6.45) is 1.79. The molecular weight excluding hydrogens is 520 g/mol. The zero-order valence-electron chi connectivity index (χ0n) is 22.0. The number of halogens is 2. The Labute approximate surface area is 230 Å². The fourth-order valence-corrected chi connectivity index (χ4v) is 5.11. The van der Waals surface area contributed by atoms with Gasteiger partial charge in [0.05, 0.1) is 19.3 Å². The minimum atomic E-state index is -1.17. The quantitative estimate of drug-likeness (QED) is 0.433. The van der Waals surface area contributed by atoms with Crippen LogP contribution >= 0.6 is 0 Å². The highest BCUT2D eigenvalue weighted by molar-refractivity contribution is 6.04. The molecule has 40 heavy (non-hydrogen) atoms. The van der Waals surface area contributed by atoms with Crippen LogP contribution in [0.15, 0.2) is 60.7 Å². The smallest absolute Gasteiger partial charge is 0.414 e. The number of anilines is 2. The monoisotopic (exact) mass is 549 g/mol. The van der Waals surface area contributed by atoms with Crippen LogP contribution < -0.4 is 15.0 Å². The molecule has 0 aromatic heterocycles. The minimum absolute atomic E-state index is 0.00332. The topological polar surface area (TPSA) is 88.2 Å². The van der Waals surface area contributed by atoms with Crippen molar-refractivity contribution in [2.24, 2.45) is 0 Å². The van der Waals surface area contributed by atoms with Crippen LogP contribution in [0, 0.1) is 11.6 Å². The lowest BCUT2D eigenvalue weighted by Crippen LogP contribution is -2.38. The molecule has 1 N–H and O–H groups in total. The Balaban J connectivity index is 1.16. The molecule has 8 nitrogen and oxygen atoms in total. The summed E-state index contributed by atoms with van der Waals surface area (Å²) >= 11 is 0. The number of benzene rings is 3. The van der Waals surface area contributed by atoms with Crippen LogP contribution in [0.1, 0.15) is 51.5 Å². The van der Waals surface area contributed by atoms with Crippen LogP contribution in [-0.4, -0.2) is 56.2 Å². The normalized spacial score (nSPS) is 15.9. The van der Waals surface area contributed by atoms with Gasteiger partial charge in [-0.2, -0.15) is 4.39 Å². The molecular formula is C30H29F2N3O5. The van der Waals surface area contributed by atoms with Gasteiger partial charge >= 0.3 is 6.09 Å². The van der Waals surface area contributed by atoms with Crippen molar-refractivity contribution in [1.82, 2.24) is 4.90 Å². The summed E-state index contributed by atoms with van der Waals surface area (Å²) in [6, 6.07) is 16.6. The van der Waals surface area contributed by atoms with Gasteiger partial charge in [-0.3, -0.25) is 14.5 Å². The first-order valence-corrected chi connectivity index (χ1v) is 13.1. The van der Waals surface area contributed by atoms with Crippen LogP contribution in [0.25, 0.3) is 0 Å². The van der Waals surface area contributed by atoms with E-state index in [4.69, 9.17) is 9.47 Å². The molecule has 0 aliphatic carbocycles. The molecule has 2 aliphatic rings. The van der Waals surface area contributed by atoms with Gasteiger partial charge in [-0.1, -0.05) is 12.1 Å². The van der Waals surface area contributed by atoms with Gasteiger partial charge in [-0.15, -0.1) is 0 Å². The van der Waals surface area contributed by atoms with Crippen LogP contribution in [-0.2, 0) is 4.74 Å². The van der Waals surface area contributed by atoms with E-state index < -0.39 is 17.5 Å². The van der Waals surface area contributed by atoms with Crippen molar-refractivity contribution in [2.45, 2.75) is 25.2 Å². The number of rotatable bonds is 6. The molecule has 3 aromatic rings. The van der Waals surface area contributed by atoms with Crippen molar-refractivity contribution < 1.29 is 32.6 Å². The van der Waals surface area contributed by atoms with Gasteiger partial charge < -0.3 is 19.7 Å². The summed E-state index contributed by atoms with van der Waals surface area (Å²) in [6.45, 7) is 1.93. The lowest BCUT2D eigenvalue weighted by Gasteiger charge is -2.32. The van der Waals surface area contributed by atoms with E-state index in [-0.39, 0.29) is 29.2 Å². The molecule has 0 unspecified atom stereocenters. The van der Waals surface area contributed by atoms with Crippen molar-refractivity contribution in [2.75, 3.05) is 43.6 Å². The van der Waals surface area contributed by atoms with Gasteiger partial charge in [0.1, 0.15) is 0 Å². The van der Waals surface area contributed by atoms with Crippen molar-refractivity contribution >= 4 is 29.3 Å². The van der Waals surface area contributed by atoms with Gasteiger partial charge in [0.25, 0.3) is 11.8 Å². The maximum atomic E-state index is 14.1. The summed E-state index contributed by atoms with van der Waals surface area (Å²) in [5, 5.41) is 2.89. The summed E-state index contributed by atoms with van der Waals surface area (Å²) in [7, 11) is 1.21. The van der Waals surface area contributed by atoms with E-state index >= 15 is 0 Å². The van der Waals surface area contributed by atoms with E-state index in [9.17, 15) is 23.2 Å². The van der Waals surface area contributed by atoms with Crippen molar-refractivity contribution in [3.63, 3.8) is 0 Å². The largest absolute Gasteiger partial charge is 0.493 e. The second-order valence-corrected chi connectivity index (χ2v) is 9.75. The number of hydrogen-bond acceptors (Lipinski definition) is 5. The Hall–Kier alpha value is -4.47. The molecule has 2 saturated heterocycles. The van der Waals surface area contributed by atoms with Crippen LogP contribution in [0.3, 0.4) is 0 Å². The number of carbonyl (C=O) groups is 3. The van der Waals surface area contributed by atoms with Crippen molar-refractivity contribution in [1.29, 1.82) is 0 Å². The number of piperidine rings is 1. The van der Waals surface area contributed by atoms with Crippen LogP contribution in [0.4, 0.5) is 25.0 Å². The predicted molar refractivity (Wildman–Crippen MR) is 145 cm³/mol. The molecule has 3 amide bonds. The zero-order valence-corrected chi connectivity index (χ0v) is 22.0. The number of hydrogen-bond donors (Lipinski definition) is 1. The maximum Gasteiger partial charge on any atom is 0.414 e. The molecule has 10 heteroatoms. The lowest BCUT2D eigenvalue weighted by atomic mass is 9.89. The number of carbonyl (C=O) groups excluding carboxylic acids is 3. The molecule has 0 bridgehead atoms. The SMILES string of the molecule is COc1c(C(=O)N2CCC(c3ccc(NC(=O)c4ccc(N5CCCOC5=O)cc4)cc3)CC2)ccc(F)c1F. The molecule has 3 aromatic carbocycles. The first-order valence-electron chi connectivity index (χ1n) is 13.1. The van der Waals surface area contributed by atoms with E-state index in [0.717, 1.165) is 18.1 Å². The third kappa shape index (κ3) is 5.61. The zero-order chi connectivity index (χ0) is 28.2. The molecule has 0 saturated carbocycles. The highest BCUT2D eigenvalue weighted by Crippen LogP contribution is 2.32. The molecule has 2 aliphatic heterocycles. The third-order valence-corrected chi connectivity index (χ3v) is 7.32. The Morgan fingerprint density at radius 2 is 1.65 bits per heavy atom. The molecule has 5 rings (SSSR count). The van der Waals surface area contributed by atoms with Crippen LogP contribution in [0.5, 0.6) is 5.75 Å². The molecule has 2 heterocycles. The van der Waals surface area contributed by atoms with E-state index in [1.807, 2.05) is 24.3 Å². The van der Waals surface area contributed by atoms with E-state index in [2.05, 4.69) is 5.32 Å². The highest BCUT2D eigenvalue weighted by Gasteiger charge is 2.28. The van der Waals surface area contributed by atoms with Crippen molar-refractivity contribution in [3.05, 3.63) is 89.0 Å². The summed E-state index contributed by atoms with van der Waals surface area (Å²) in [4.78, 5) is 40.8. The third-order valence-electron chi connectivity index (χ3n) is 7.32. The lowest BCUT2D eigenvalue weighted by molar-refractivity contribution is 0.0708. The Morgan fingerprint density at radius 3 is 2.30 bits per heavy atom. The highest BCUT2D eigenvalue weighted by atomic mass is 19.2. The Kier molecular flexibility index (Phi) is 7.95.